The molecule has 1 rings (SSSR count). The highest BCUT2D eigenvalue weighted by Crippen LogP contribution is 2.22. The minimum Gasteiger partial charge on any atom is -0.328 e. The number of nitrogens with two attached hydrogens (primary N) is 1. The molecule has 1 saturated carbocycles. The molecule has 2 atom stereocenters. The standard InChI is InChI=1S/C7H15NO2S/c1-11(9,10)7-4-2-3-6(8)5-7/h6-7H,2-5,8H2,1H3/t6-,7-/m1/s1. The van der Waals surface area contributed by atoms with Crippen LogP contribution in [-0.4, -0.2) is 26.0 Å². The highest BCUT2D eigenvalue weighted by molar-refractivity contribution is 7.91. The Balaban J connectivity index is 2.60. The minimum absolute atomic E-state index is 0.100. The molecule has 0 bridgehead atoms. The molecular weight excluding hydrogens is 162 g/mol. The Labute approximate surface area is 67.9 Å². The molecule has 0 spiro atoms. The van der Waals surface area contributed by atoms with Gasteiger partial charge in [0.2, 0.25) is 0 Å². The smallest absolute Gasteiger partial charge is 0.150 e. The lowest BCUT2D eigenvalue weighted by atomic mass is 9.96. The van der Waals surface area contributed by atoms with Crippen LogP contribution in [0.2, 0.25) is 0 Å². The summed E-state index contributed by atoms with van der Waals surface area (Å²) < 4.78 is 22.2. The van der Waals surface area contributed by atoms with Crippen molar-refractivity contribution in [1.29, 1.82) is 0 Å². The van der Waals surface area contributed by atoms with Crippen molar-refractivity contribution < 1.29 is 8.42 Å². The Kier molecular flexibility index (Phi) is 2.54. The summed E-state index contributed by atoms with van der Waals surface area (Å²) in [7, 11) is -2.84. The lowest BCUT2D eigenvalue weighted by molar-refractivity contribution is 0.434. The second-order valence-electron chi connectivity index (χ2n) is 3.38. The summed E-state index contributed by atoms with van der Waals surface area (Å²) in [6, 6.07) is 0.100. The van der Waals surface area contributed by atoms with Crippen LogP contribution in [0.15, 0.2) is 0 Å². The van der Waals surface area contributed by atoms with Crippen LogP contribution in [0.1, 0.15) is 25.7 Å². The number of hydrogen-bond acceptors (Lipinski definition) is 3. The van der Waals surface area contributed by atoms with E-state index >= 15 is 0 Å². The van der Waals surface area contributed by atoms with Gasteiger partial charge in [-0.05, 0) is 19.3 Å². The summed E-state index contributed by atoms with van der Waals surface area (Å²) in [5.74, 6) is 0. The van der Waals surface area contributed by atoms with E-state index < -0.39 is 9.84 Å². The van der Waals surface area contributed by atoms with Gasteiger partial charge in [-0.15, -0.1) is 0 Å². The summed E-state index contributed by atoms with van der Waals surface area (Å²) in [6.45, 7) is 0. The van der Waals surface area contributed by atoms with E-state index in [4.69, 9.17) is 5.73 Å². The molecule has 0 amide bonds. The SMILES string of the molecule is CS(=O)(=O)[C@@H]1CCC[C@@H](N)C1. The zero-order valence-electron chi connectivity index (χ0n) is 6.79. The first-order valence-corrected chi connectivity index (χ1v) is 5.90. The molecule has 0 saturated heterocycles. The van der Waals surface area contributed by atoms with Gasteiger partial charge in [0.15, 0.2) is 0 Å². The van der Waals surface area contributed by atoms with Crippen LogP contribution in [-0.2, 0) is 9.84 Å². The van der Waals surface area contributed by atoms with Gasteiger partial charge < -0.3 is 5.73 Å². The lowest BCUT2D eigenvalue weighted by Gasteiger charge is -2.24. The predicted octanol–water partition coefficient (Wildman–Crippen LogP) is 0.301. The van der Waals surface area contributed by atoms with Crippen LogP contribution in [0, 0.1) is 0 Å². The van der Waals surface area contributed by atoms with Crippen LogP contribution >= 0.6 is 0 Å². The van der Waals surface area contributed by atoms with Crippen LogP contribution in [0.5, 0.6) is 0 Å². The summed E-state index contributed by atoms with van der Waals surface area (Å²) in [5, 5.41) is -0.175. The fraction of sp³-hybridized carbons (Fsp3) is 1.00. The third kappa shape index (κ3) is 2.45. The number of sulfone groups is 1. The van der Waals surface area contributed by atoms with Gasteiger partial charge in [0.1, 0.15) is 9.84 Å². The van der Waals surface area contributed by atoms with E-state index in [-0.39, 0.29) is 11.3 Å². The highest BCUT2D eigenvalue weighted by atomic mass is 32.2. The van der Waals surface area contributed by atoms with Gasteiger partial charge in [0.05, 0.1) is 5.25 Å². The van der Waals surface area contributed by atoms with E-state index in [1.54, 1.807) is 0 Å². The second kappa shape index (κ2) is 3.11. The quantitative estimate of drug-likeness (QED) is 0.626. The zero-order chi connectivity index (χ0) is 8.48. The van der Waals surface area contributed by atoms with E-state index in [9.17, 15) is 8.42 Å². The van der Waals surface area contributed by atoms with Gasteiger partial charge in [-0.3, -0.25) is 0 Å². The Morgan fingerprint density at radius 3 is 2.36 bits per heavy atom. The van der Waals surface area contributed by atoms with Crippen molar-refractivity contribution in [3.8, 4) is 0 Å². The molecule has 4 heteroatoms. The van der Waals surface area contributed by atoms with Crippen molar-refractivity contribution in [2.45, 2.75) is 37.0 Å². The molecule has 0 heterocycles. The maximum Gasteiger partial charge on any atom is 0.150 e. The first-order chi connectivity index (χ1) is 5.00. The average Bonchev–Trinajstić information content (AvgIpc) is 1.86. The highest BCUT2D eigenvalue weighted by Gasteiger charge is 2.26. The van der Waals surface area contributed by atoms with Crippen molar-refractivity contribution in [3.63, 3.8) is 0 Å². The molecule has 0 unspecified atom stereocenters. The molecule has 11 heavy (non-hydrogen) atoms. The van der Waals surface area contributed by atoms with Crippen LogP contribution in [0.4, 0.5) is 0 Å². The zero-order valence-corrected chi connectivity index (χ0v) is 7.60. The molecule has 0 aromatic carbocycles. The Hall–Kier alpha value is -0.0900. The normalized spacial score (nSPS) is 33.6. The molecule has 0 aliphatic heterocycles. The van der Waals surface area contributed by atoms with E-state index in [0.29, 0.717) is 6.42 Å². The average molecular weight is 177 g/mol. The van der Waals surface area contributed by atoms with Crippen molar-refractivity contribution in [2.75, 3.05) is 6.26 Å². The third-order valence-electron chi connectivity index (χ3n) is 2.27. The van der Waals surface area contributed by atoms with Gasteiger partial charge in [-0.25, -0.2) is 8.42 Å². The molecule has 1 aliphatic rings. The Morgan fingerprint density at radius 2 is 2.00 bits per heavy atom. The molecule has 0 radical (unpaired) electrons. The van der Waals surface area contributed by atoms with Gasteiger partial charge in [0, 0.05) is 12.3 Å². The van der Waals surface area contributed by atoms with Gasteiger partial charge in [-0.1, -0.05) is 6.42 Å². The van der Waals surface area contributed by atoms with E-state index in [1.807, 2.05) is 0 Å². The largest absolute Gasteiger partial charge is 0.328 e. The topological polar surface area (TPSA) is 60.2 Å². The van der Waals surface area contributed by atoms with Crippen molar-refractivity contribution in [1.82, 2.24) is 0 Å². The van der Waals surface area contributed by atoms with Crippen molar-refractivity contribution >= 4 is 9.84 Å². The van der Waals surface area contributed by atoms with Gasteiger partial charge in [0.25, 0.3) is 0 Å². The monoisotopic (exact) mass is 177 g/mol. The fourth-order valence-corrected chi connectivity index (χ4v) is 2.76. The van der Waals surface area contributed by atoms with E-state index in [0.717, 1.165) is 19.3 Å². The fourth-order valence-electron chi connectivity index (χ4n) is 1.57. The Bertz CT molecular complexity index is 223. The molecule has 66 valence electrons. The molecule has 0 aromatic heterocycles. The Morgan fingerprint density at radius 1 is 1.36 bits per heavy atom. The summed E-state index contributed by atoms with van der Waals surface area (Å²) in [4.78, 5) is 0. The van der Waals surface area contributed by atoms with Gasteiger partial charge >= 0.3 is 0 Å². The van der Waals surface area contributed by atoms with Crippen LogP contribution < -0.4 is 5.73 Å². The molecular formula is C7H15NO2S. The molecule has 1 aliphatic carbocycles. The van der Waals surface area contributed by atoms with E-state index in [2.05, 4.69) is 0 Å². The first kappa shape index (κ1) is 9.00. The third-order valence-corrected chi connectivity index (χ3v) is 3.91. The van der Waals surface area contributed by atoms with Gasteiger partial charge in [-0.2, -0.15) is 0 Å². The molecule has 1 fully saturated rings. The van der Waals surface area contributed by atoms with Crippen LogP contribution in [0.3, 0.4) is 0 Å². The lowest BCUT2D eigenvalue weighted by Crippen LogP contribution is -2.34. The summed E-state index contributed by atoms with van der Waals surface area (Å²) >= 11 is 0. The minimum atomic E-state index is -2.84. The summed E-state index contributed by atoms with van der Waals surface area (Å²) in [5.41, 5.74) is 5.66. The molecule has 0 aromatic rings. The first-order valence-electron chi connectivity index (χ1n) is 3.94. The summed E-state index contributed by atoms with van der Waals surface area (Å²) in [6.07, 6.45) is 4.69. The number of hydrogen-bond donors (Lipinski definition) is 1. The van der Waals surface area contributed by atoms with E-state index in [1.165, 1.54) is 6.26 Å². The van der Waals surface area contributed by atoms with Crippen molar-refractivity contribution in [3.05, 3.63) is 0 Å². The maximum absolute atomic E-state index is 11.1. The van der Waals surface area contributed by atoms with Crippen LogP contribution in [0.25, 0.3) is 0 Å². The maximum atomic E-state index is 11.1. The second-order valence-corrected chi connectivity index (χ2v) is 5.70. The van der Waals surface area contributed by atoms with Crippen molar-refractivity contribution in [2.24, 2.45) is 5.73 Å². The number of rotatable bonds is 1. The predicted molar refractivity (Wildman–Crippen MR) is 45.1 cm³/mol. The molecule has 3 nitrogen and oxygen atoms in total. The molecule has 2 N–H and O–H groups in total.